The Kier molecular flexibility index (Phi) is 5.46. The quantitative estimate of drug-likeness (QED) is 0.435. The van der Waals surface area contributed by atoms with Gasteiger partial charge in [-0.25, -0.2) is 4.68 Å². The van der Waals surface area contributed by atoms with Gasteiger partial charge in [-0.1, -0.05) is 42.0 Å². The lowest BCUT2D eigenvalue weighted by molar-refractivity contribution is 0.836. The minimum atomic E-state index is 0.613. The minimum absolute atomic E-state index is 0.613. The van der Waals surface area contributed by atoms with Gasteiger partial charge in [0.05, 0.1) is 18.5 Å². The third-order valence-electron chi connectivity index (χ3n) is 3.58. The van der Waals surface area contributed by atoms with Gasteiger partial charge in [-0.2, -0.15) is 5.10 Å². The molecule has 0 aliphatic rings. The second kappa shape index (κ2) is 7.76. The molecule has 0 aliphatic heterocycles. The molecule has 128 valence electrons. The second-order valence-corrected chi connectivity index (χ2v) is 8.20. The molecule has 0 saturated heterocycles. The van der Waals surface area contributed by atoms with Crippen LogP contribution < -0.4 is 4.80 Å². The highest BCUT2D eigenvalue weighted by Crippen LogP contribution is 2.21. The van der Waals surface area contributed by atoms with E-state index in [1.165, 1.54) is 10.4 Å². The lowest BCUT2D eigenvalue weighted by Crippen LogP contribution is -2.12. The van der Waals surface area contributed by atoms with E-state index in [0.717, 1.165) is 26.5 Å². The summed E-state index contributed by atoms with van der Waals surface area (Å²) in [6.45, 7) is 10.7. The Morgan fingerprint density at radius 3 is 2.56 bits per heavy atom. The largest absolute Gasteiger partial charge is 0.253 e. The van der Waals surface area contributed by atoms with Crippen molar-refractivity contribution in [2.75, 3.05) is 6.54 Å². The van der Waals surface area contributed by atoms with E-state index in [9.17, 15) is 0 Å². The molecule has 0 N–H and O–H groups in total. The Bertz CT molecular complexity index is 969. The van der Waals surface area contributed by atoms with Crippen LogP contribution >= 0.6 is 22.7 Å². The van der Waals surface area contributed by atoms with Gasteiger partial charge in [-0.05, 0) is 32.9 Å². The van der Waals surface area contributed by atoms with E-state index in [1.807, 2.05) is 17.8 Å². The van der Waals surface area contributed by atoms with Crippen LogP contribution in [0.3, 0.4) is 0 Å². The van der Waals surface area contributed by atoms with Crippen LogP contribution in [0.25, 0.3) is 11.3 Å². The van der Waals surface area contributed by atoms with Crippen LogP contribution in [0.1, 0.15) is 22.2 Å². The highest BCUT2D eigenvalue weighted by molar-refractivity contribution is 7.13. The standard InChI is InChI=1S/C20H21N3S2/c1-14(2)11-21-20-23(22-12-18-10-7-16(4)25-18)19(13-24-20)17-8-5-15(3)6-9-17/h5-10,12-13H,1,11H2,2-4H3. The normalized spacial score (nSPS) is 12.2. The van der Waals surface area contributed by atoms with Crippen LogP contribution in [0.2, 0.25) is 0 Å². The van der Waals surface area contributed by atoms with Crippen molar-refractivity contribution in [1.29, 1.82) is 0 Å². The zero-order valence-corrected chi connectivity index (χ0v) is 16.3. The van der Waals surface area contributed by atoms with Crippen molar-refractivity contribution in [3.05, 3.63) is 74.0 Å². The number of aromatic nitrogens is 1. The van der Waals surface area contributed by atoms with E-state index in [0.29, 0.717) is 6.54 Å². The van der Waals surface area contributed by atoms with Gasteiger partial charge >= 0.3 is 0 Å². The molecule has 3 aromatic rings. The number of benzene rings is 1. The summed E-state index contributed by atoms with van der Waals surface area (Å²) in [5, 5.41) is 6.83. The number of thiophene rings is 1. The van der Waals surface area contributed by atoms with Crippen LogP contribution in [-0.4, -0.2) is 17.4 Å². The molecule has 2 aromatic heterocycles. The number of hydrogen-bond acceptors (Lipinski definition) is 4. The maximum absolute atomic E-state index is 4.72. The average molecular weight is 368 g/mol. The number of hydrogen-bond donors (Lipinski definition) is 0. The van der Waals surface area contributed by atoms with E-state index < -0.39 is 0 Å². The number of thiazole rings is 1. The van der Waals surface area contributed by atoms with Crippen LogP contribution in [0.15, 0.2) is 64.0 Å². The molecule has 5 heteroatoms. The van der Waals surface area contributed by atoms with Crippen molar-refractivity contribution >= 4 is 28.9 Å². The van der Waals surface area contributed by atoms with E-state index in [-0.39, 0.29) is 0 Å². The van der Waals surface area contributed by atoms with Crippen LogP contribution in [0.5, 0.6) is 0 Å². The third kappa shape index (κ3) is 4.44. The first-order valence-corrected chi connectivity index (χ1v) is 9.76. The van der Waals surface area contributed by atoms with Crippen LogP contribution in [-0.2, 0) is 0 Å². The van der Waals surface area contributed by atoms with Gasteiger partial charge in [0.2, 0.25) is 4.80 Å². The summed E-state index contributed by atoms with van der Waals surface area (Å²) in [6, 6.07) is 12.7. The van der Waals surface area contributed by atoms with Gasteiger partial charge in [0.25, 0.3) is 0 Å². The third-order valence-corrected chi connectivity index (χ3v) is 5.37. The lowest BCUT2D eigenvalue weighted by atomic mass is 10.1. The molecule has 0 saturated carbocycles. The van der Waals surface area contributed by atoms with Crippen LogP contribution in [0, 0.1) is 13.8 Å². The van der Waals surface area contributed by atoms with Gasteiger partial charge in [-0.3, -0.25) is 4.99 Å². The monoisotopic (exact) mass is 367 g/mol. The van der Waals surface area contributed by atoms with Gasteiger partial charge in [0.15, 0.2) is 0 Å². The van der Waals surface area contributed by atoms with E-state index in [2.05, 4.69) is 67.2 Å². The molecule has 3 rings (SSSR count). The lowest BCUT2D eigenvalue weighted by Gasteiger charge is -2.04. The molecule has 0 bridgehead atoms. The predicted octanol–water partition coefficient (Wildman–Crippen LogP) is 5.25. The molecular formula is C20H21N3S2. The fourth-order valence-electron chi connectivity index (χ4n) is 2.28. The summed E-state index contributed by atoms with van der Waals surface area (Å²) in [7, 11) is 0. The predicted molar refractivity (Wildman–Crippen MR) is 110 cm³/mol. The zero-order valence-electron chi connectivity index (χ0n) is 14.7. The van der Waals surface area contributed by atoms with Gasteiger partial charge in [-0.15, -0.1) is 22.7 Å². The Morgan fingerprint density at radius 2 is 1.92 bits per heavy atom. The molecule has 2 heterocycles. The number of nitrogens with zero attached hydrogens (tertiary/aromatic N) is 3. The van der Waals surface area contributed by atoms with Crippen molar-refractivity contribution in [3.8, 4) is 11.3 Å². The summed E-state index contributed by atoms with van der Waals surface area (Å²) < 4.78 is 1.92. The highest BCUT2D eigenvalue weighted by atomic mass is 32.1. The fourth-order valence-corrected chi connectivity index (χ4v) is 3.86. The molecule has 0 fully saturated rings. The molecule has 0 spiro atoms. The van der Waals surface area contributed by atoms with E-state index in [1.54, 1.807) is 22.7 Å². The highest BCUT2D eigenvalue weighted by Gasteiger charge is 2.07. The molecule has 0 radical (unpaired) electrons. The SMILES string of the molecule is C=C(C)CN=c1scc(-c2ccc(C)cc2)n1N=Cc1ccc(C)s1. The van der Waals surface area contributed by atoms with Gasteiger partial charge < -0.3 is 0 Å². The van der Waals surface area contributed by atoms with Crippen molar-refractivity contribution in [1.82, 2.24) is 4.68 Å². The molecule has 0 aliphatic carbocycles. The van der Waals surface area contributed by atoms with Gasteiger partial charge in [0.1, 0.15) is 0 Å². The Balaban J connectivity index is 2.06. The van der Waals surface area contributed by atoms with Crippen LogP contribution in [0.4, 0.5) is 0 Å². The van der Waals surface area contributed by atoms with Crippen molar-refractivity contribution in [2.24, 2.45) is 10.1 Å². The molecule has 0 amide bonds. The summed E-state index contributed by atoms with van der Waals surface area (Å²) in [5.74, 6) is 0. The number of aryl methyl sites for hydroxylation is 2. The topological polar surface area (TPSA) is 29.6 Å². The Hall–Kier alpha value is -2.24. The zero-order chi connectivity index (χ0) is 17.8. The van der Waals surface area contributed by atoms with Crippen molar-refractivity contribution in [2.45, 2.75) is 20.8 Å². The van der Waals surface area contributed by atoms with Crippen molar-refractivity contribution in [3.63, 3.8) is 0 Å². The first kappa shape index (κ1) is 17.6. The molecule has 0 unspecified atom stereocenters. The molecule has 0 atom stereocenters. The maximum atomic E-state index is 4.72. The summed E-state index contributed by atoms with van der Waals surface area (Å²) in [6.07, 6.45) is 1.90. The van der Waals surface area contributed by atoms with E-state index >= 15 is 0 Å². The smallest absolute Gasteiger partial charge is 0.206 e. The minimum Gasteiger partial charge on any atom is -0.253 e. The molecule has 25 heavy (non-hydrogen) atoms. The average Bonchev–Trinajstić information content (AvgIpc) is 3.17. The number of rotatable bonds is 5. The molecule has 1 aromatic carbocycles. The van der Waals surface area contributed by atoms with Gasteiger partial charge in [0, 0.05) is 20.7 Å². The first-order valence-electron chi connectivity index (χ1n) is 8.06. The molecular weight excluding hydrogens is 346 g/mol. The summed E-state index contributed by atoms with van der Waals surface area (Å²) >= 11 is 3.34. The fraction of sp³-hybridized carbons (Fsp3) is 0.200. The second-order valence-electron chi connectivity index (χ2n) is 6.05. The maximum Gasteiger partial charge on any atom is 0.206 e. The Labute approximate surface area is 156 Å². The first-order chi connectivity index (χ1) is 12.0. The molecule has 3 nitrogen and oxygen atoms in total. The van der Waals surface area contributed by atoms with E-state index in [4.69, 9.17) is 5.10 Å². The summed E-state index contributed by atoms with van der Waals surface area (Å²) in [5.41, 5.74) is 4.47. The summed E-state index contributed by atoms with van der Waals surface area (Å²) in [4.78, 5) is 7.95. The Morgan fingerprint density at radius 1 is 1.16 bits per heavy atom. The van der Waals surface area contributed by atoms with Crippen molar-refractivity contribution < 1.29 is 0 Å².